The molecule has 0 amide bonds. The first-order valence-corrected chi connectivity index (χ1v) is 13.1. The molecule has 2 N–H and O–H groups in total. The smallest absolute Gasteiger partial charge is 0.154 e. The first-order valence-electron chi connectivity index (χ1n) is 13.1. The maximum Gasteiger partial charge on any atom is 0.154 e. The Bertz CT molecular complexity index is 1920. The van der Waals surface area contributed by atoms with Crippen molar-refractivity contribution in [3.8, 4) is 0 Å². The van der Waals surface area contributed by atoms with E-state index in [1.807, 2.05) is 97.1 Å². The average Bonchev–Trinajstić information content (AvgIpc) is 3.81. The van der Waals surface area contributed by atoms with Gasteiger partial charge in [-0.25, -0.2) is 9.98 Å². The molecule has 0 aliphatic carbocycles. The standard InChI is InChI=1S/C34H24N4O2/c39-20-26-27-13-11-24(35-27)19-25-12-14-29(36-25)32(22-7-3-1-4-8-22)30-15-16-31(37-30)33(23-9-5-2-6-10-23)34(21-40)18-17-28(26)38-34/h1-17,19-21,36,38H,18H2. The van der Waals surface area contributed by atoms with Gasteiger partial charge in [0.05, 0.1) is 28.4 Å². The molecule has 0 fully saturated rings. The van der Waals surface area contributed by atoms with Crippen molar-refractivity contribution in [1.29, 1.82) is 0 Å². The van der Waals surface area contributed by atoms with E-state index >= 15 is 0 Å². The van der Waals surface area contributed by atoms with Crippen LogP contribution in [0.5, 0.6) is 0 Å². The Labute approximate surface area is 230 Å². The third-order valence-electron chi connectivity index (χ3n) is 7.54. The zero-order valence-corrected chi connectivity index (χ0v) is 21.5. The van der Waals surface area contributed by atoms with Crippen LogP contribution in [0, 0.1) is 0 Å². The number of aliphatic imine (C=N–C) groups is 2. The number of aromatic nitrogens is 1. The van der Waals surface area contributed by atoms with Crippen LogP contribution in [0.1, 0.15) is 17.5 Å². The molecule has 8 bridgehead atoms. The van der Waals surface area contributed by atoms with E-state index in [1.54, 1.807) is 0 Å². The number of nitrogens with one attached hydrogen (secondary N) is 2. The summed E-state index contributed by atoms with van der Waals surface area (Å²) < 4.78 is 0. The second-order valence-corrected chi connectivity index (χ2v) is 9.99. The minimum Gasteiger partial charge on any atom is -0.369 e. The van der Waals surface area contributed by atoms with Gasteiger partial charge in [0.1, 0.15) is 11.8 Å². The van der Waals surface area contributed by atoms with Crippen molar-refractivity contribution >= 4 is 41.2 Å². The van der Waals surface area contributed by atoms with Crippen LogP contribution in [0.3, 0.4) is 0 Å². The first kappa shape index (κ1) is 23.7. The molecule has 0 radical (unpaired) electrons. The van der Waals surface area contributed by atoms with Crippen LogP contribution in [0.4, 0.5) is 0 Å². The fraction of sp³-hybridized carbons (Fsp3) is 0.0588. The number of rotatable bonds is 4. The maximum atomic E-state index is 13.0. The number of benzene rings is 2. The van der Waals surface area contributed by atoms with E-state index < -0.39 is 5.54 Å². The Morgan fingerprint density at radius 3 is 2.27 bits per heavy atom. The van der Waals surface area contributed by atoms with Gasteiger partial charge >= 0.3 is 0 Å². The predicted octanol–water partition coefficient (Wildman–Crippen LogP) is 3.71. The van der Waals surface area contributed by atoms with E-state index in [9.17, 15) is 9.59 Å². The van der Waals surface area contributed by atoms with E-state index in [1.165, 1.54) is 0 Å². The largest absolute Gasteiger partial charge is 0.369 e. The zero-order valence-electron chi connectivity index (χ0n) is 21.5. The Morgan fingerprint density at radius 2 is 1.52 bits per heavy atom. The molecule has 0 saturated heterocycles. The second-order valence-electron chi connectivity index (χ2n) is 9.99. The number of hydrogen-bond donors (Lipinski definition) is 2. The van der Waals surface area contributed by atoms with E-state index in [-0.39, 0.29) is 0 Å². The van der Waals surface area contributed by atoms with Gasteiger partial charge in [-0.1, -0.05) is 66.7 Å². The minimum atomic E-state index is -1.12. The number of fused-ring (bicyclic) bond motifs is 6. The minimum absolute atomic E-state index is 0.365. The third-order valence-corrected chi connectivity index (χ3v) is 7.54. The van der Waals surface area contributed by atoms with Gasteiger partial charge in [0, 0.05) is 34.0 Å². The molecule has 4 aliphatic rings. The summed E-state index contributed by atoms with van der Waals surface area (Å²) in [5.74, 6) is 0. The number of aldehydes is 2. The summed E-state index contributed by atoms with van der Waals surface area (Å²) in [4.78, 5) is 38.7. The van der Waals surface area contributed by atoms with Crippen LogP contribution >= 0.6 is 0 Å². The van der Waals surface area contributed by atoms with Gasteiger partial charge in [-0.15, -0.1) is 0 Å². The quantitative estimate of drug-likeness (QED) is 0.515. The van der Waals surface area contributed by atoms with E-state index in [2.05, 4.69) is 22.4 Å². The molecule has 1 unspecified atom stereocenters. The summed E-state index contributed by atoms with van der Waals surface area (Å²) in [6, 6.07) is 24.0. The number of allylic oxidation sites excluding steroid dienone is 5. The fourth-order valence-corrected chi connectivity index (χ4v) is 5.68. The lowest BCUT2D eigenvalue weighted by Crippen LogP contribution is -2.44. The van der Waals surface area contributed by atoms with Crippen molar-refractivity contribution in [2.24, 2.45) is 9.98 Å². The number of carbonyl (C=O) groups excluding carboxylic acids is 2. The number of aromatic amines is 1. The monoisotopic (exact) mass is 520 g/mol. The lowest BCUT2D eigenvalue weighted by atomic mass is 9.83. The number of carbonyl (C=O) groups is 2. The van der Waals surface area contributed by atoms with Gasteiger partial charge in [-0.05, 0) is 53.6 Å². The van der Waals surface area contributed by atoms with Crippen LogP contribution in [0.25, 0.3) is 17.2 Å². The highest BCUT2D eigenvalue weighted by atomic mass is 16.1. The SMILES string of the molecule is O=CC1=C2C=CC(=N2)C=c2ccc([nH]2)=C(c2ccccc2)C2=NC(=C(c3ccccc3)C3(C=O)CC=C1N3)C=C2. The van der Waals surface area contributed by atoms with Gasteiger partial charge in [-0.2, -0.15) is 0 Å². The van der Waals surface area contributed by atoms with Gasteiger partial charge < -0.3 is 15.1 Å². The summed E-state index contributed by atoms with van der Waals surface area (Å²) in [6.45, 7) is 0. The highest BCUT2D eigenvalue weighted by Gasteiger charge is 2.41. The molecule has 6 heteroatoms. The molecule has 1 aromatic heterocycles. The van der Waals surface area contributed by atoms with Crippen molar-refractivity contribution < 1.29 is 9.59 Å². The highest BCUT2D eigenvalue weighted by molar-refractivity contribution is 6.30. The topological polar surface area (TPSA) is 86.7 Å². The van der Waals surface area contributed by atoms with Crippen molar-refractivity contribution in [2.75, 3.05) is 0 Å². The number of nitrogens with zero attached hydrogens (tertiary/aromatic N) is 2. The summed E-state index contributed by atoms with van der Waals surface area (Å²) in [5, 5.41) is 5.21. The summed E-state index contributed by atoms with van der Waals surface area (Å²) >= 11 is 0. The molecule has 192 valence electrons. The van der Waals surface area contributed by atoms with E-state index in [4.69, 9.17) is 9.98 Å². The molecular weight excluding hydrogens is 496 g/mol. The number of hydrogen-bond acceptors (Lipinski definition) is 5. The van der Waals surface area contributed by atoms with Gasteiger partial charge in [-0.3, -0.25) is 4.79 Å². The molecule has 7 rings (SSSR count). The highest BCUT2D eigenvalue weighted by Crippen LogP contribution is 2.40. The molecule has 3 aromatic rings. The molecule has 6 nitrogen and oxygen atoms in total. The zero-order chi connectivity index (χ0) is 27.1. The second kappa shape index (κ2) is 9.43. The molecular formula is C34H24N4O2. The van der Waals surface area contributed by atoms with Crippen molar-refractivity contribution in [3.05, 3.63) is 148 Å². The lowest BCUT2D eigenvalue weighted by molar-refractivity contribution is -0.111. The van der Waals surface area contributed by atoms with Crippen LogP contribution in [0.15, 0.2) is 136 Å². The number of H-pyrrole nitrogens is 1. The van der Waals surface area contributed by atoms with Crippen molar-refractivity contribution in [1.82, 2.24) is 10.3 Å². The van der Waals surface area contributed by atoms with Crippen molar-refractivity contribution in [2.45, 2.75) is 12.0 Å². The van der Waals surface area contributed by atoms with Crippen LogP contribution in [-0.4, -0.2) is 34.5 Å². The molecule has 1 atom stereocenters. The van der Waals surface area contributed by atoms with Gasteiger partial charge in [0.25, 0.3) is 0 Å². The van der Waals surface area contributed by atoms with E-state index in [0.29, 0.717) is 29.1 Å². The predicted molar refractivity (Wildman–Crippen MR) is 158 cm³/mol. The van der Waals surface area contributed by atoms with Crippen molar-refractivity contribution in [3.63, 3.8) is 0 Å². The molecule has 4 aliphatic heterocycles. The molecule has 5 heterocycles. The first-order chi connectivity index (χ1) is 19.7. The van der Waals surface area contributed by atoms with E-state index in [0.717, 1.165) is 57.0 Å². The van der Waals surface area contributed by atoms with Crippen LogP contribution in [0.2, 0.25) is 0 Å². The normalized spacial score (nSPS) is 21.1. The Kier molecular flexibility index (Phi) is 5.60. The molecule has 0 spiro atoms. The Balaban J connectivity index is 1.56. The van der Waals surface area contributed by atoms with Gasteiger partial charge in [0.15, 0.2) is 6.29 Å². The van der Waals surface area contributed by atoms with Crippen LogP contribution in [-0.2, 0) is 9.59 Å². The lowest BCUT2D eigenvalue weighted by Gasteiger charge is -2.29. The maximum absolute atomic E-state index is 13.0. The Morgan fingerprint density at radius 1 is 0.775 bits per heavy atom. The van der Waals surface area contributed by atoms with Gasteiger partial charge in [0.2, 0.25) is 0 Å². The molecule has 40 heavy (non-hydrogen) atoms. The fourth-order valence-electron chi connectivity index (χ4n) is 5.68. The molecule has 0 saturated carbocycles. The third kappa shape index (κ3) is 3.89. The van der Waals surface area contributed by atoms with Crippen LogP contribution < -0.4 is 16.0 Å². The Hall–Kier alpha value is -5.36. The summed E-state index contributed by atoms with van der Waals surface area (Å²) in [6.07, 6.45) is 13.6. The average molecular weight is 521 g/mol. The summed E-state index contributed by atoms with van der Waals surface area (Å²) in [7, 11) is 0. The molecule has 2 aromatic carbocycles. The summed E-state index contributed by atoms with van der Waals surface area (Å²) in [5.41, 5.74) is 6.23.